The molecule has 2 aliphatic rings. The fourth-order valence-corrected chi connectivity index (χ4v) is 4.56. The van der Waals surface area contributed by atoms with Gasteiger partial charge in [0, 0.05) is 54.5 Å². The third-order valence-corrected chi connectivity index (χ3v) is 5.91. The van der Waals surface area contributed by atoms with Crippen molar-refractivity contribution in [2.24, 2.45) is 0 Å². The molecular weight excluding hydrogens is 324 g/mol. The van der Waals surface area contributed by atoms with Gasteiger partial charge in [-0.25, -0.2) is 4.98 Å². The van der Waals surface area contributed by atoms with Gasteiger partial charge in [0.25, 0.3) is 0 Å². The van der Waals surface area contributed by atoms with Gasteiger partial charge in [-0.05, 0) is 44.2 Å². The summed E-state index contributed by atoms with van der Waals surface area (Å²) in [5.41, 5.74) is 7.05. The van der Waals surface area contributed by atoms with Crippen molar-refractivity contribution in [3.05, 3.63) is 58.2 Å². The van der Waals surface area contributed by atoms with Crippen LogP contribution in [0.3, 0.4) is 0 Å². The molecule has 0 fully saturated rings. The van der Waals surface area contributed by atoms with Gasteiger partial charge >= 0.3 is 0 Å². The summed E-state index contributed by atoms with van der Waals surface area (Å²) >= 11 is 0. The fourth-order valence-electron chi connectivity index (χ4n) is 4.56. The van der Waals surface area contributed by atoms with E-state index in [1.54, 1.807) is 0 Å². The largest absolute Gasteiger partial charge is 0.383 e. The van der Waals surface area contributed by atoms with Crippen LogP contribution in [-0.2, 0) is 31.5 Å². The Bertz CT molecular complexity index is 1040. The van der Waals surface area contributed by atoms with E-state index < -0.39 is 5.60 Å². The smallest absolute Gasteiger partial charge is 0.140 e. The number of likely N-dealkylation sites (N-methyl/N-ethyl adjacent to an activating group) is 1. The van der Waals surface area contributed by atoms with Gasteiger partial charge in [0.1, 0.15) is 11.2 Å². The zero-order chi connectivity index (χ0) is 18.1. The second-order valence-electron chi connectivity index (χ2n) is 8.04. The van der Waals surface area contributed by atoms with Gasteiger partial charge in [0.15, 0.2) is 0 Å². The van der Waals surface area contributed by atoms with Crippen LogP contribution in [0.15, 0.2) is 24.4 Å². The molecule has 134 valence electrons. The van der Waals surface area contributed by atoms with Gasteiger partial charge < -0.3 is 14.6 Å². The lowest BCUT2D eigenvalue weighted by Gasteiger charge is -2.39. The number of nitrogens with zero attached hydrogens (tertiary/aromatic N) is 4. The van der Waals surface area contributed by atoms with Gasteiger partial charge in [0.2, 0.25) is 0 Å². The fraction of sp³-hybridized carbons (Fsp3) is 0.429. The van der Waals surface area contributed by atoms with Crippen LogP contribution in [-0.4, -0.2) is 38.1 Å². The van der Waals surface area contributed by atoms with Crippen molar-refractivity contribution in [1.29, 1.82) is 0 Å². The highest BCUT2D eigenvalue weighted by Gasteiger charge is 2.43. The molecule has 4 heterocycles. The Morgan fingerprint density at radius 3 is 2.92 bits per heavy atom. The number of aryl methyl sites for hydroxylation is 2. The molecule has 26 heavy (non-hydrogen) atoms. The highest BCUT2D eigenvalue weighted by Crippen LogP contribution is 2.41. The molecule has 0 aromatic carbocycles. The van der Waals surface area contributed by atoms with E-state index in [0.717, 1.165) is 42.1 Å². The van der Waals surface area contributed by atoms with Gasteiger partial charge in [0.05, 0.1) is 12.2 Å². The van der Waals surface area contributed by atoms with E-state index in [2.05, 4.69) is 34.5 Å². The topological polar surface area (TPSA) is 54.2 Å². The molecule has 0 saturated heterocycles. The lowest BCUT2D eigenvalue weighted by molar-refractivity contribution is -0.00700. The third-order valence-electron chi connectivity index (χ3n) is 5.91. The number of hydrogen-bond donors (Lipinski definition) is 1. The summed E-state index contributed by atoms with van der Waals surface area (Å²) in [6.45, 7) is 6.62. The first-order chi connectivity index (χ1) is 12.4. The van der Waals surface area contributed by atoms with E-state index in [1.807, 2.05) is 25.3 Å². The Morgan fingerprint density at radius 2 is 2.12 bits per heavy atom. The number of pyridine rings is 2. The standard InChI is InChI=1S/C21H24N4O/c1-13-8-15-16-11-24(3)7-6-19(16)25(20(15)22-10-13)12-21(26)9-18-17(21)5-4-14(2)23-18/h4-5,8,10,26H,6-7,9,11-12H2,1-3H3. The van der Waals surface area contributed by atoms with Crippen molar-refractivity contribution >= 4 is 11.0 Å². The molecule has 1 atom stereocenters. The summed E-state index contributed by atoms with van der Waals surface area (Å²) in [7, 11) is 2.17. The van der Waals surface area contributed by atoms with Crippen molar-refractivity contribution in [2.75, 3.05) is 13.6 Å². The second kappa shape index (κ2) is 5.38. The average Bonchev–Trinajstić information content (AvgIpc) is 2.87. The Labute approximate surface area is 153 Å². The zero-order valence-corrected chi connectivity index (χ0v) is 15.6. The Morgan fingerprint density at radius 1 is 1.27 bits per heavy atom. The van der Waals surface area contributed by atoms with Crippen molar-refractivity contribution in [1.82, 2.24) is 19.4 Å². The van der Waals surface area contributed by atoms with Crippen molar-refractivity contribution in [2.45, 2.75) is 45.4 Å². The molecule has 0 saturated carbocycles. The summed E-state index contributed by atoms with van der Waals surface area (Å²) < 4.78 is 2.26. The number of aliphatic hydroxyl groups is 1. The molecular formula is C21H24N4O. The lowest BCUT2D eigenvalue weighted by Crippen LogP contribution is -2.44. The quantitative estimate of drug-likeness (QED) is 0.773. The van der Waals surface area contributed by atoms with Crippen LogP contribution in [0.4, 0.5) is 0 Å². The zero-order valence-electron chi connectivity index (χ0n) is 15.6. The number of hydrogen-bond acceptors (Lipinski definition) is 4. The van der Waals surface area contributed by atoms with E-state index in [9.17, 15) is 5.11 Å². The third kappa shape index (κ3) is 2.24. The molecule has 1 N–H and O–H groups in total. The maximum absolute atomic E-state index is 11.3. The van der Waals surface area contributed by atoms with Crippen molar-refractivity contribution in [3.8, 4) is 0 Å². The normalized spacial score (nSPS) is 22.2. The van der Waals surface area contributed by atoms with E-state index in [4.69, 9.17) is 4.98 Å². The van der Waals surface area contributed by atoms with Crippen molar-refractivity contribution in [3.63, 3.8) is 0 Å². The van der Waals surface area contributed by atoms with Gasteiger partial charge in [-0.2, -0.15) is 0 Å². The average molecular weight is 348 g/mol. The predicted octanol–water partition coefficient (Wildman–Crippen LogP) is 2.48. The summed E-state index contributed by atoms with van der Waals surface area (Å²) in [6, 6.07) is 6.26. The van der Waals surface area contributed by atoms with Crippen LogP contribution in [0.2, 0.25) is 0 Å². The minimum absolute atomic E-state index is 0.552. The van der Waals surface area contributed by atoms with Gasteiger partial charge in [-0.3, -0.25) is 4.98 Å². The number of fused-ring (bicyclic) bond motifs is 4. The van der Waals surface area contributed by atoms with Crippen LogP contribution in [0.25, 0.3) is 11.0 Å². The highest BCUT2D eigenvalue weighted by atomic mass is 16.3. The van der Waals surface area contributed by atoms with Crippen LogP contribution in [0.1, 0.15) is 33.8 Å². The molecule has 0 radical (unpaired) electrons. The number of aromatic nitrogens is 3. The first kappa shape index (κ1) is 16.0. The van der Waals surface area contributed by atoms with E-state index >= 15 is 0 Å². The molecule has 5 heteroatoms. The lowest BCUT2D eigenvalue weighted by atomic mass is 9.76. The molecule has 1 aliphatic carbocycles. The summed E-state index contributed by atoms with van der Waals surface area (Å²) in [6.07, 6.45) is 3.54. The maximum Gasteiger partial charge on any atom is 0.140 e. The molecule has 3 aromatic heterocycles. The van der Waals surface area contributed by atoms with Gasteiger partial charge in [-0.15, -0.1) is 0 Å². The molecule has 1 unspecified atom stereocenters. The van der Waals surface area contributed by atoms with Gasteiger partial charge in [-0.1, -0.05) is 6.07 Å². The molecule has 5 rings (SSSR count). The molecule has 3 aromatic rings. The van der Waals surface area contributed by atoms with E-state index in [1.165, 1.54) is 22.2 Å². The minimum atomic E-state index is -0.842. The monoisotopic (exact) mass is 348 g/mol. The molecule has 0 amide bonds. The Kier molecular flexibility index (Phi) is 3.30. The first-order valence-electron chi connectivity index (χ1n) is 9.29. The maximum atomic E-state index is 11.3. The van der Waals surface area contributed by atoms with E-state index in [0.29, 0.717) is 13.0 Å². The molecule has 5 nitrogen and oxygen atoms in total. The molecule has 1 aliphatic heterocycles. The van der Waals surface area contributed by atoms with Crippen LogP contribution >= 0.6 is 0 Å². The SMILES string of the molecule is Cc1cnc2c(c1)c1c(n2CC2(O)Cc3nc(C)ccc32)CCN(C)C1. The van der Waals surface area contributed by atoms with Crippen LogP contribution < -0.4 is 0 Å². The minimum Gasteiger partial charge on any atom is -0.383 e. The van der Waals surface area contributed by atoms with Crippen LogP contribution in [0.5, 0.6) is 0 Å². The predicted molar refractivity (Wildman–Crippen MR) is 101 cm³/mol. The first-order valence-corrected chi connectivity index (χ1v) is 9.29. The van der Waals surface area contributed by atoms with Crippen LogP contribution in [0, 0.1) is 13.8 Å². The Balaban J connectivity index is 1.63. The molecule has 0 bridgehead atoms. The highest BCUT2D eigenvalue weighted by molar-refractivity contribution is 5.83. The summed E-state index contributed by atoms with van der Waals surface area (Å²) in [5, 5.41) is 12.5. The Hall–Kier alpha value is -2.24. The summed E-state index contributed by atoms with van der Waals surface area (Å²) in [5.74, 6) is 0. The van der Waals surface area contributed by atoms with Crippen molar-refractivity contribution < 1.29 is 5.11 Å². The van der Waals surface area contributed by atoms with E-state index in [-0.39, 0.29) is 0 Å². The number of rotatable bonds is 2. The molecule has 0 spiro atoms. The summed E-state index contributed by atoms with van der Waals surface area (Å²) in [4.78, 5) is 11.7. The second-order valence-corrected chi connectivity index (χ2v) is 8.04.